The summed E-state index contributed by atoms with van der Waals surface area (Å²) in [6.07, 6.45) is -0.274. The molecule has 5 atom stereocenters. The van der Waals surface area contributed by atoms with Crippen molar-refractivity contribution in [3.05, 3.63) is 29.8 Å². The molecule has 0 radical (unpaired) electrons. The number of nitrogens with one attached hydrogen (secondary N) is 2. The molecule has 0 aliphatic rings. The Kier molecular flexibility index (Phi) is 13.8. The number of rotatable bonds is 15. The van der Waals surface area contributed by atoms with Crippen molar-refractivity contribution >= 4 is 29.4 Å². The highest BCUT2D eigenvalue weighted by Gasteiger charge is 2.34. The zero-order chi connectivity index (χ0) is 30.7. The molecule has 0 saturated carbocycles. The molecule has 40 heavy (non-hydrogen) atoms. The number of aliphatic hydroxyl groups excluding tert-OH is 1. The topological polar surface area (TPSA) is 156 Å². The van der Waals surface area contributed by atoms with Gasteiger partial charge < -0.3 is 30.6 Å². The Balaban J connectivity index is 3.11. The molecule has 0 saturated heterocycles. The fourth-order valence-electron chi connectivity index (χ4n) is 4.28. The van der Waals surface area contributed by atoms with Crippen LogP contribution in [-0.4, -0.2) is 94.3 Å². The third kappa shape index (κ3) is 10.6. The van der Waals surface area contributed by atoms with Crippen LogP contribution in [0.4, 0.5) is 0 Å². The van der Waals surface area contributed by atoms with Crippen LogP contribution < -0.4 is 10.6 Å². The Labute approximate surface area is 237 Å². The molecule has 1 rings (SSSR count). The molecule has 0 bridgehead atoms. The molecule has 0 aromatic heterocycles. The Morgan fingerprint density at radius 2 is 1.50 bits per heavy atom. The largest absolute Gasteiger partial charge is 0.508 e. The molecule has 1 unspecified atom stereocenters. The lowest BCUT2D eigenvalue weighted by Gasteiger charge is -2.33. The summed E-state index contributed by atoms with van der Waals surface area (Å²) in [6.45, 7) is 10.0. The van der Waals surface area contributed by atoms with Gasteiger partial charge in [0.1, 0.15) is 23.9 Å². The molecule has 11 nitrogen and oxygen atoms in total. The van der Waals surface area contributed by atoms with E-state index < -0.39 is 47.9 Å². The van der Waals surface area contributed by atoms with Crippen molar-refractivity contribution in [3.63, 3.8) is 0 Å². The third-order valence-corrected chi connectivity index (χ3v) is 6.92. The number of ketones is 1. The molecule has 0 spiro atoms. The number of Topliss-reactive ketones (excluding diaryl/α,β-unsaturated/α-hetero) is 1. The van der Waals surface area contributed by atoms with E-state index >= 15 is 0 Å². The number of carbonyl (C=O) groups excluding carboxylic acids is 5. The molecule has 0 aliphatic heterocycles. The smallest absolute Gasteiger partial charge is 0.249 e. The standard InChI is InChI=1S/C29H46N4O7/c1-9-18(4)26(20(6)34)31-25(37)16-32(7)29(40)23(15-21-10-12-22(35)13-11-21)33(8)28(39)19(5)30-27(38)24(36)14-17(2)3/h10-13,17-19,23-24,26,35-36H,9,14-16H2,1-8H3,(H,30,38)(H,31,37)/t18?,19-,23+,24+,26-/m0/s1. The van der Waals surface area contributed by atoms with Crippen LogP contribution in [0.25, 0.3) is 0 Å². The van der Waals surface area contributed by atoms with Crippen LogP contribution in [0.2, 0.25) is 0 Å². The van der Waals surface area contributed by atoms with Crippen LogP contribution in [0.3, 0.4) is 0 Å². The summed E-state index contributed by atoms with van der Waals surface area (Å²) >= 11 is 0. The number of phenols is 1. The normalized spacial score (nSPS) is 14.8. The van der Waals surface area contributed by atoms with Crippen molar-refractivity contribution in [3.8, 4) is 5.75 Å². The molecular formula is C29H46N4O7. The summed E-state index contributed by atoms with van der Waals surface area (Å²) in [5.41, 5.74) is 0.658. The van der Waals surface area contributed by atoms with Gasteiger partial charge in [-0.2, -0.15) is 0 Å². The summed E-state index contributed by atoms with van der Waals surface area (Å²) < 4.78 is 0. The monoisotopic (exact) mass is 562 g/mol. The third-order valence-electron chi connectivity index (χ3n) is 6.92. The number of likely N-dealkylation sites (N-methyl/N-ethyl adjacent to an activating group) is 2. The summed E-state index contributed by atoms with van der Waals surface area (Å²) in [6, 6.07) is 3.42. The molecule has 1 aromatic carbocycles. The van der Waals surface area contributed by atoms with Crippen LogP contribution in [0.1, 0.15) is 59.9 Å². The van der Waals surface area contributed by atoms with Crippen molar-refractivity contribution in [2.45, 2.75) is 85.0 Å². The number of phenolic OH excluding ortho intramolecular Hbond substituents is 1. The Hall–Kier alpha value is -3.47. The first kappa shape index (κ1) is 34.6. The van der Waals surface area contributed by atoms with E-state index in [2.05, 4.69) is 10.6 Å². The van der Waals surface area contributed by atoms with Gasteiger partial charge in [0.05, 0.1) is 12.6 Å². The average molecular weight is 563 g/mol. The molecule has 4 amide bonds. The van der Waals surface area contributed by atoms with Gasteiger partial charge in [0.15, 0.2) is 5.78 Å². The van der Waals surface area contributed by atoms with Crippen molar-refractivity contribution < 1.29 is 34.2 Å². The molecule has 0 aliphatic carbocycles. The van der Waals surface area contributed by atoms with Gasteiger partial charge in [0.25, 0.3) is 0 Å². The maximum atomic E-state index is 13.6. The predicted octanol–water partition coefficient (Wildman–Crippen LogP) is 1.25. The van der Waals surface area contributed by atoms with Gasteiger partial charge in [-0.3, -0.25) is 24.0 Å². The van der Waals surface area contributed by atoms with Crippen LogP contribution in [-0.2, 0) is 30.4 Å². The second-order valence-electron chi connectivity index (χ2n) is 10.9. The zero-order valence-electron chi connectivity index (χ0n) is 24.9. The minimum atomic E-state index is -1.27. The van der Waals surface area contributed by atoms with Crippen LogP contribution in [0, 0.1) is 11.8 Å². The number of benzene rings is 1. The number of nitrogens with zero attached hydrogens (tertiary/aromatic N) is 2. The van der Waals surface area contributed by atoms with E-state index in [0.717, 1.165) is 0 Å². The van der Waals surface area contributed by atoms with E-state index in [1.54, 1.807) is 12.1 Å². The lowest BCUT2D eigenvalue weighted by molar-refractivity contribution is -0.147. The fraction of sp³-hybridized carbons (Fsp3) is 0.621. The van der Waals surface area contributed by atoms with Gasteiger partial charge in [-0.1, -0.05) is 46.2 Å². The van der Waals surface area contributed by atoms with Gasteiger partial charge in [-0.05, 0) is 49.8 Å². The maximum Gasteiger partial charge on any atom is 0.249 e. The van der Waals surface area contributed by atoms with Gasteiger partial charge in [0.2, 0.25) is 23.6 Å². The average Bonchev–Trinajstić information content (AvgIpc) is 2.88. The Bertz CT molecular complexity index is 1030. The fourth-order valence-corrected chi connectivity index (χ4v) is 4.28. The number of aromatic hydroxyl groups is 1. The Morgan fingerprint density at radius 1 is 0.925 bits per heavy atom. The van der Waals surface area contributed by atoms with E-state index in [0.29, 0.717) is 12.0 Å². The number of carbonyl (C=O) groups is 5. The van der Waals surface area contributed by atoms with Gasteiger partial charge in [0, 0.05) is 20.5 Å². The van der Waals surface area contributed by atoms with Gasteiger partial charge in [-0.15, -0.1) is 0 Å². The van der Waals surface area contributed by atoms with Gasteiger partial charge in [-0.25, -0.2) is 0 Å². The number of hydrogen-bond acceptors (Lipinski definition) is 7. The van der Waals surface area contributed by atoms with Crippen LogP contribution in [0.5, 0.6) is 5.75 Å². The first-order chi connectivity index (χ1) is 18.6. The summed E-state index contributed by atoms with van der Waals surface area (Å²) in [5.74, 6) is -2.42. The SMILES string of the molecule is CCC(C)[C@H](NC(=O)CN(C)C(=O)[C@@H](Cc1ccc(O)cc1)N(C)C(=O)[C@H](C)NC(=O)[C@H](O)CC(C)C)C(C)=O. The van der Waals surface area contributed by atoms with Crippen molar-refractivity contribution in [2.24, 2.45) is 11.8 Å². The van der Waals surface area contributed by atoms with E-state index in [9.17, 15) is 34.2 Å². The molecule has 4 N–H and O–H groups in total. The number of aliphatic hydroxyl groups is 1. The number of hydrogen-bond donors (Lipinski definition) is 4. The summed E-state index contributed by atoms with van der Waals surface area (Å²) in [7, 11) is 2.87. The molecule has 11 heteroatoms. The highest BCUT2D eigenvalue weighted by molar-refractivity contribution is 5.94. The quantitative estimate of drug-likeness (QED) is 0.251. The second kappa shape index (κ2) is 16.0. The molecule has 0 heterocycles. The predicted molar refractivity (Wildman–Crippen MR) is 151 cm³/mol. The highest BCUT2D eigenvalue weighted by atomic mass is 16.3. The Morgan fingerprint density at radius 3 is 2.00 bits per heavy atom. The minimum Gasteiger partial charge on any atom is -0.508 e. The lowest BCUT2D eigenvalue weighted by Crippen LogP contribution is -2.56. The minimum absolute atomic E-state index is 0.0440. The lowest BCUT2D eigenvalue weighted by atomic mass is 9.96. The zero-order valence-corrected chi connectivity index (χ0v) is 24.9. The van der Waals surface area contributed by atoms with Gasteiger partial charge >= 0.3 is 0 Å². The van der Waals surface area contributed by atoms with Crippen molar-refractivity contribution in [1.82, 2.24) is 20.4 Å². The molecular weight excluding hydrogens is 516 g/mol. The van der Waals surface area contributed by atoms with Crippen LogP contribution in [0.15, 0.2) is 24.3 Å². The summed E-state index contributed by atoms with van der Waals surface area (Å²) in [4.78, 5) is 66.4. The van der Waals surface area contributed by atoms with E-state index in [1.807, 2.05) is 27.7 Å². The van der Waals surface area contributed by atoms with Crippen molar-refractivity contribution in [2.75, 3.05) is 20.6 Å². The second-order valence-corrected chi connectivity index (χ2v) is 10.9. The van der Waals surface area contributed by atoms with Crippen molar-refractivity contribution in [1.29, 1.82) is 0 Å². The molecule has 0 fully saturated rings. The van der Waals surface area contributed by atoms with E-state index in [4.69, 9.17) is 0 Å². The maximum absolute atomic E-state index is 13.6. The van der Waals surface area contributed by atoms with Crippen LogP contribution >= 0.6 is 0 Å². The molecule has 224 valence electrons. The van der Waals surface area contributed by atoms with E-state index in [1.165, 1.54) is 49.9 Å². The summed E-state index contributed by atoms with van der Waals surface area (Å²) in [5, 5.41) is 24.9. The first-order valence-electron chi connectivity index (χ1n) is 13.7. The molecule has 1 aromatic rings. The highest BCUT2D eigenvalue weighted by Crippen LogP contribution is 2.16. The number of amides is 4. The van der Waals surface area contributed by atoms with E-state index in [-0.39, 0.29) is 42.8 Å². The first-order valence-corrected chi connectivity index (χ1v) is 13.7.